The Morgan fingerprint density at radius 3 is 2.77 bits per heavy atom. The van der Waals surface area contributed by atoms with Gasteiger partial charge in [0.1, 0.15) is 18.8 Å². The third kappa shape index (κ3) is 2.06. The first-order valence-electron chi connectivity index (χ1n) is 6.97. The van der Waals surface area contributed by atoms with E-state index in [-0.39, 0.29) is 12.5 Å². The van der Waals surface area contributed by atoms with E-state index in [2.05, 4.69) is 11.9 Å². The molecule has 1 aliphatic heterocycles. The van der Waals surface area contributed by atoms with Crippen LogP contribution in [0, 0.1) is 23.7 Å². The fourth-order valence-corrected chi connectivity index (χ4v) is 3.91. The first-order chi connectivity index (χ1) is 10.4. The smallest absolute Gasteiger partial charge is 0.325 e. The number of carbonyl (C=O) groups excluding carboxylic acids is 3. The Balaban J connectivity index is 1.69. The van der Waals surface area contributed by atoms with Crippen molar-refractivity contribution in [1.29, 1.82) is 0 Å². The molecule has 3 aliphatic rings. The minimum atomic E-state index is -1.07. The normalized spacial score (nSPS) is 37.5. The molecule has 3 fully saturated rings. The Kier molecular flexibility index (Phi) is 3.38. The van der Waals surface area contributed by atoms with E-state index < -0.39 is 53.8 Å². The predicted octanol–water partition coefficient (Wildman–Crippen LogP) is -0.907. The van der Waals surface area contributed by atoms with Crippen molar-refractivity contribution in [1.82, 2.24) is 5.32 Å². The van der Waals surface area contributed by atoms with E-state index in [9.17, 15) is 24.3 Å². The van der Waals surface area contributed by atoms with Gasteiger partial charge in [0.15, 0.2) is 0 Å². The number of ether oxygens (including phenoxy) is 2. The maximum atomic E-state index is 11.8. The molecule has 22 heavy (non-hydrogen) atoms. The summed E-state index contributed by atoms with van der Waals surface area (Å²) in [6.45, 7) is 2.91. The quantitative estimate of drug-likeness (QED) is 0.498. The van der Waals surface area contributed by atoms with E-state index in [1.807, 2.05) is 0 Å². The van der Waals surface area contributed by atoms with Crippen LogP contribution in [0.2, 0.25) is 0 Å². The second-order valence-electron chi connectivity index (χ2n) is 5.73. The van der Waals surface area contributed by atoms with Gasteiger partial charge in [-0.05, 0) is 12.5 Å². The van der Waals surface area contributed by atoms with Gasteiger partial charge in [0.25, 0.3) is 0 Å². The first-order valence-corrected chi connectivity index (χ1v) is 6.97. The lowest BCUT2D eigenvalue weighted by Gasteiger charge is -2.29. The summed E-state index contributed by atoms with van der Waals surface area (Å²) in [5.74, 6) is -4.96. The van der Waals surface area contributed by atoms with Crippen molar-refractivity contribution in [3.05, 3.63) is 12.7 Å². The molecular weight excluding hydrogens is 294 g/mol. The molecule has 1 heterocycles. The fraction of sp³-hybridized carbons (Fsp3) is 0.571. The summed E-state index contributed by atoms with van der Waals surface area (Å²) in [5, 5.41) is 11.6. The molecular formula is C14H15NO7. The Hall–Kier alpha value is -2.38. The van der Waals surface area contributed by atoms with Crippen LogP contribution in [0.3, 0.4) is 0 Å². The molecule has 1 amide bonds. The standard InChI is InChI=1S/C14H15NO7/c1-2-7(16)15-4-8(17)21-11-5-3-6-10(9(5)13(18)19)14(20)22-12(6)11/h2,5-6,9-12H,1,3-4H2,(H,15,16)(H,18,19). The van der Waals surface area contributed by atoms with Crippen LogP contribution < -0.4 is 5.32 Å². The molecule has 118 valence electrons. The molecule has 2 aliphatic carbocycles. The van der Waals surface area contributed by atoms with Crippen molar-refractivity contribution in [2.75, 3.05) is 6.54 Å². The first kappa shape index (κ1) is 14.6. The average molecular weight is 309 g/mol. The number of hydrogen-bond acceptors (Lipinski definition) is 6. The molecule has 0 radical (unpaired) electrons. The highest BCUT2D eigenvalue weighted by Gasteiger charge is 2.69. The Morgan fingerprint density at radius 2 is 2.14 bits per heavy atom. The molecule has 6 unspecified atom stereocenters. The summed E-state index contributed by atoms with van der Waals surface area (Å²) < 4.78 is 10.5. The van der Waals surface area contributed by atoms with Gasteiger partial charge in [-0.15, -0.1) is 0 Å². The number of aliphatic carboxylic acids is 1. The van der Waals surface area contributed by atoms with Gasteiger partial charge >= 0.3 is 17.9 Å². The second-order valence-corrected chi connectivity index (χ2v) is 5.73. The Bertz CT molecular complexity index is 572. The summed E-state index contributed by atoms with van der Waals surface area (Å²) in [6.07, 6.45) is 0.183. The van der Waals surface area contributed by atoms with E-state index in [1.54, 1.807) is 0 Å². The number of carbonyl (C=O) groups is 4. The van der Waals surface area contributed by atoms with E-state index in [4.69, 9.17) is 9.47 Å². The topological polar surface area (TPSA) is 119 Å². The van der Waals surface area contributed by atoms with E-state index in [1.165, 1.54) is 0 Å². The van der Waals surface area contributed by atoms with Crippen molar-refractivity contribution >= 4 is 23.8 Å². The van der Waals surface area contributed by atoms with Crippen LogP contribution in [0.5, 0.6) is 0 Å². The highest BCUT2D eigenvalue weighted by molar-refractivity contribution is 5.89. The molecule has 1 saturated heterocycles. The predicted molar refractivity (Wildman–Crippen MR) is 69.2 cm³/mol. The lowest BCUT2D eigenvalue weighted by atomic mass is 9.78. The number of nitrogens with one attached hydrogen (secondary N) is 1. The molecule has 0 aromatic rings. The van der Waals surface area contributed by atoms with Gasteiger partial charge in [0.2, 0.25) is 5.91 Å². The molecule has 8 heteroatoms. The minimum absolute atomic E-state index is 0.209. The molecule has 2 N–H and O–H groups in total. The van der Waals surface area contributed by atoms with E-state index in [0.717, 1.165) is 6.08 Å². The molecule has 8 nitrogen and oxygen atoms in total. The second kappa shape index (κ2) is 5.11. The van der Waals surface area contributed by atoms with Gasteiger partial charge < -0.3 is 19.9 Å². The van der Waals surface area contributed by atoms with Gasteiger partial charge in [-0.3, -0.25) is 19.2 Å². The largest absolute Gasteiger partial charge is 0.481 e. The molecule has 6 atom stereocenters. The zero-order valence-corrected chi connectivity index (χ0v) is 11.6. The minimum Gasteiger partial charge on any atom is -0.481 e. The highest BCUT2D eigenvalue weighted by Crippen LogP contribution is 2.58. The number of fused-ring (bicyclic) bond motifs is 1. The summed E-state index contributed by atoms with van der Waals surface area (Å²) in [6, 6.07) is 0. The number of amides is 1. The molecule has 3 rings (SSSR count). The van der Waals surface area contributed by atoms with Crippen LogP contribution >= 0.6 is 0 Å². The average Bonchev–Trinajstić information content (AvgIpc) is 3.07. The van der Waals surface area contributed by atoms with Gasteiger partial charge in [-0.25, -0.2) is 0 Å². The third-order valence-electron chi connectivity index (χ3n) is 4.69. The summed E-state index contributed by atoms with van der Waals surface area (Å²) in [4.78, 5) is 46.0. The Labute approximate surface area is 125 Å². The fourth-order valence-electron chi connectivity index (χ4n) is 3.91. The number of carboxylic acid groups (broad SMARTS) is 1. The SMILES string of the molecule is C=CC(=O)NCC(=O)OC1C2CC3C1OC(=O)C3C2C(=O)O. The molecule has 0 aromatic carbocycles. The number of rotatable bonds is 5. The van der Waals surface area contributed by atoms with Gasteiger partial charge in [-0.1, -0.05) is 6.58 Å². The number of carboxylic acids is 1. The van der Waals surface area contributed by atoms with Crippen LogP contribution in [0.1, 0.15) is 6.42 Å². The maximum Gasteiger partial charge on any atom is 0.325 e. The van der Waals surface area contributed by atoms with Crippen LogP contribution in [0.4, 0.5) is 0 Å². The van der Waals surface area contributed by atoms with Gasteiger partial charge in [0.05, 0.1) is 11.8 Å². The van der Waals surface area contributed by atoms with Gasteiger partial charge in [0, 0.05) is 11.8 Å². The zero-order chi connectivity index (χ0) is 16.0. The van der Waals surface area contributed by atoms with E-state index >= 15 is 0 Å². The zero-order valence-electron chi connectivity index (χ0n) is 11.6. The lowest BCUT2D eigenvalue weighted by molar-refractivity contribution is -0.163. The van der Waals surface area contributed by atoms with Crippen LogP contribution in [0.15, 0.2) is 12.7 Å². The van der Waals surface area contributed by atoms with Crippen molar-refractivity contribution in [2.45, 2.75) is 18.6 Å². The van der Waals surface area contributed by atoms with Crippen LogP contribution in [-0.2, 0) is 28.7 Å². The monoisotopic (exact) mass is 309 g/mol. The molecule has 2 bridgehead atoms. The maximum absolute atomic E-state index is 11.8. The van der Waals surface area contributed by atoms with Crippen molar-refractivity contribution in [2.24, 2.45) is 23.7 Å². The molecule has 2 saturated carbocycles. The van der Waals surface area contributed by atoms with Crippen LogP contribution in [0.25, 0.3) is 0 Å². The summed E-state index contributed by atoms with van der Waals surface area (Å²) in [5.41, 5.74) is 0. The molecule has 0 aromatic heterocycles. The summed E-state index contributed by atoms with van der Waals surface area (Å²) >= 11 is 0. The van der Waals surface area contributed by atoms with Crippen molar-refractivity contribution < 1.29 is 33.8 Å². The molecule has 0 spiro atoms. The highest BCUT2D eigenvalue weighted by atomic mass is 16.6. The number of hydrogen-bond donors (Lipinski definition) is 2. The number of esters is 2. The lowest BCUT2D eigenvalue weighted by Crippen LogP contribution is -2.44. The Morgan fingerprint density at radius 1 is 1.41 bits per heavy atom. The third-order valence-corrected chi connectivity index (χ3v) is 4.69. The van der Waals surface area contributed by atoms with Crippen molar-refractivity contribution in [3.8, 4) is 0 Å². The van der Waals surface area contributed by atoms with Crippen LogP contribution in [-0.4, -0.2) is 47.7 Å². The summed E-state index contributed by atoms with van der Waals surface area (Å²) in [7, 11) is 0. The van der Waals surface area contributed by atoms with Gasteiger partial charge in [-0.2, -0.15) is 0 Å². The van der Waals surface area contributed by atoms with Crippen molar-refractivity contribution in [3.63, 3.8) is 0 Å². The van der Waals surface area contributed by atoms with E-state index in [0.29, 0.717) is 6.42 Å².